The molecule has 4 rings (SSSR count). The van der Waals surface area contributed by atoms with E-state index in [1.54, 1.807) is 30.9 Å². The molecule has 0 saturated carbocycles. The van der Waals surface area contributed by atoms with Gasteiger partial charge in [0.2, 0.25) is 5.43 Å². The summed E-state index contributed by atoms with van der Waals surface area (Å²) in [6.07, 6.45) is 1.33. The van der Waals surface area contributed by atoms with Gasteiger partial charge in [-0.2, -0.15) is 0 Å². The molecule has 0 fully saturated rings. The number of hydrogen-bond donors (Lipinski definition) is 1. The van der Waals surface area contributed by atoms with E-state index in [0.29, 0.717) is 23.6 Å². The number of carboxylic acids is 1. The van der Waals surface area contributed by atoms with Crippen LogP contribution in [0.15, 0.2) is 71.7 Å². The number of fused-ring (bicyclic) bond motifs is 1. The van der Waals surface area contributed by atoms with Crippen molar-refractivity contribution in [2.75, 3.05) is 20.8 Å². The molecule has 0 spiro atoms. The number of carbonyl (C=O) groups is 1. The van der Waals surface area contributed by atoms with Crippen LogP contribution in [0.5, 0.6) is 23.0 Å². The molecule has 0 aliphatic rings. The number of aromatic nitrogens is 1. The van der Waals surface area contributed by atoms with Crippen LogP contribution >= 0.6 is 0 Å². The number of ether oxygens (including phenoxy) is 5. The third-order valence-electron chi connectivity index (χ3n) is 6.71. The van der Waals surface area contributed by atoms with Crippen LogP contribution in [0.4, 0.5) is 0 Å². The van der Waals surface area contributed by atoms with Crippen molar-refractivity contribution in [2.45, 2.75) is 45.6 Å². The smallest absolute Gasteiger partial charge is 0.341 e. The highest BCUT2D eigenvalue weighted by Gasteiger charge is 2.19. The molecule has 3 aromatic carbocycles. The molecule has 1 heterocycles. The minimum atomic E-state index is -1.32. The van der Waals surface area contributed by atoms with Gasteiger partial charge in [0.15, 0.2) is 11.5 Å². The fourth-order valence-electron chi connectivity index (χ4n) is 4.19. The van der Waals surface area contributed by atoms with Crippen molar-refractivity contribution >= 4 is 24.9 Å². The Bertz CT molecular complexity index is 1570. The van der Waals surface area contributed by atoms with Gasteiger partial charge in [0.05, 0.1) is 25.1 Å². The first-order valence-corrected chi connectivity index (χ1v) is 17.3. The van der Waals surface area contributed by atoms with Crippen LogP contribution < -0.4 is 24.4 Å². The maximum Gasteiger partial charge on any atom is 0.341 e. The molecule has 4 aromatic rings. The molecule has 0 radical (unpaired) electrons. The highest BCUT2D eigenvalue weighted by molar-refractivity contribution is 6.76. The predicted molar refractivity (Wildman–Crippen MR) is 164 cm³/mol. The molecule has 0 bridgehead atoms. The molecule has 1 aromatic heterocycles. The summed E-state index contributed by atoms with van der Waals surface area (Å²) in [5, 5.41) is 9.97. The average molecular weight is 592 g/mol. The van der Waals surface area contributed by atoms with Crippen LogP contribution in [0.2, 0.25) is 25.7 Å². The van der Waals surface area contributed by atoms with Crippen LogP contribution in [0.25, 0.3) is 10.9 Å². The standard InChI is InChI=1S/C32H37NO8Si/c1-37-24-10-6-22(7-11-24)19-40-29-16-26-28(17-30(29)41-20-23-8-12-25(38-2)13-9-23)33(18-27(31(26)34)32(35)36)21-39-14-15-42(3,4)5/h6-13,16-18H,14-15,19-21H2,1-5H3,(H,35,36). The molecule has 0 unspecified atom stereocenters. The van der Waals surface area contributed by atoms with Crippen molar-refractivity contribution in [3.8, 4) is 23.0 Å². The highest BCUT2D eigenvalue weighted by atomic mass is 28.3. The lowest BCUT2D eigenvalue weighted by molar-refractivity contribution is 0.0690. The monoisotopic (exact) mass is 591 g/mol. The van der Waals surface area contributed by atoms with Crippen LogP contribution in [0.3, 0.4) is 0 Å². The van der Waals surface area contributed by atoms with E-state index in [0.717, 1.165) is 28.7 Å². The number of nitrogens with zero attached hydrogens (tertiary/aromatic N) is 1. The maximum absolute atomic E-state index is 13.3. The molecule has 0 saturated heterocycles. The van der Waals surface area contributed by atoms with Gasteiger partial charge in [-0.05, 0) is 47.5 Å². The van der Waals surface area contributed by atoms with Crippen LogP contribution in [0.1, 0.15) is 21.5 Å². The summed E-state index contributed by atoms with van der Waals surface area (Å²) in [5.41, 5.74) is 1.32. The number of rotatable bonds is 14. The normalized spacial score (nSPS) is 11.4. The summed E-state index contributed by atoms with van der Waals surface area (Å²) in [5.74, 6) is 0.878. The Kier molecular flexibility index (Phi) is 9.92. The molecular formula is C32H37NO8Si. The van der Waals surface area contributed by atoms with Gasteiger partial charge in [-0.1, -0.05) is 43.9 Å². The first kappa shape index (κ1) is 30.7. The van der Waals surface area contributed by atoms with Crippen molar-refractivity contribution in [1.82, 2.24) is 4.57 Å². The molecule has 9 nitrogen and oxygen atoms in total. The van der Waals surface area contributed by atoms with Gasteiger partial charge in [0, 0.05) is 26.9 Å². The van der Waals surface area contributed by atoms with Gasteiger partial charge >= 0.3 is 5.97 Å². The lowest BCUT2D eigenvalue weighted by Gasteiger charge is -2.19. The zero-order valence-corrected chi connectivity index (χ0v) is 25.6. The van der Waals surface area contributed by atoms with Gasteiger partial charge in [0.25, 0.3) is 0 Å². The lowest BCUT2D eigenvalue weighted by atomic mass is 10.1. The molecule has 1 N–H and O–H groups in total. The summed E-state index contributed by atoms with van der Waals surface area (Å²) < 4.78 is 30.4. The highest BCUT2D eigenvalue weighted by Crippen LogP contribution is 2.33. The lowest BCUT2D eigenvalue weighted by Crippen LogP contribution is -2.23. The summed E-state index contributed by atoms with van der Waals surface area (Å²) in [4.78, 5) is 25.3. The second kappa shape index (κ2) is 13.6. The van der Waals surface area contributed by atoms with Crippen molar-refractivity contribution in [2.24, 2.45) is 0 Å². The van der Waals surface area contributed by atoms with E-state index in [1.807, 2.05) is 48.5 Å². The minimum absolute atomic E-state index is 0.0888. The van der Waals surface area contributed by atoms with E-state index in [-0.39, 0.29) is 30.9 Å². The Hall–Kier alpha value is -4.28. The van der Waals surface area contributed by atoms with Crippen molar-refractivity contribution in [3.05, 3.63) is 93.8 Å². The quantitative estimate of drug-likeness (QED) is 0.137. The molecule has 10 heteroatoms. The Morgan fingerprint density at radius 3 is 1.83 bits per heavy atom. The third-order valence-corrected chi connectivity index (χ3v) is 8.41. The van der Waals surface area contributed by atoms with Crippen molar-refractivity contribution < 1.29 is 33.6 Å². The first-order chi connectivity index (χ1) is 20.1. The van der Waals surface area contributed by atoms with Crippen molar-refractivity contribution in [1.29, 1.82) is 0 Å². The Morgan fingerprint density at radius 1 is 0.833 bits per heavy atom. The Balaban J connectivity index is 1.72. The number of carboxylic acid groups (broad SMARTS) is 1. The van der Waals surface area contributed by atoms with E-state index in [9.17, 15) is 14.7 Å². The van der Waals surface area contributed by atoms with Gasteiger partial charge in [0.1, 0.15) is 37.0 Å². The summed E-state index contributed by atoms with van der Waals surface area (Å²) in [6.45, 7) is 7.83. The molecule has 0 atom stereocenters. The van der Waals surface area contributed by atoms with Gasteiger partial charge in [-0.25, -0.2) is 4.79 Å². The fourth-order valence-corrected chi connectivity index (χ4v) is 4.95. The van der Waals surface area contributed by atoms with E-state index in [2.05, 4.69) is 19.6 Å². The molecule has 0 aliphatic carbocycles. The van der Waals surface area contributed by atoms with Gasteiger partial charge in [-0.15, -0.1) is 0 Å². The second-order valence-corrected chi connectivity index (χ2v) is 16.7. The topological polar surface area (TPSA) is 105 Å². The average Bonchev–Trinajstić information content (AvgIpc) is 2.98. The number of hydrogen-bond acceptors (Lipinski definition) is 7. The number of aromatic carboxylic acids is 1. The molecule has 0 amide bonds. The largest absolute Gasteiger partial charge is 0.497 e. The summed E-state index contributed by atoms with van der Waals surface area (Å²) in [6, 6.07) is 19.1. The van der Waals surface area contributed by atoms with Crippen LogP contribution in [-0.2, 0) is 24.7 Å². The molecular weight excluding hydrogens is 554 g/mol. The zero-order chi connectivity index (χ0) is 30.3. The van der Waals surface area contributed by atoms with Crippen molar-refractivity contribution in [3.63, 3.8) is 0 Å². The second-order valence-electron chi connectivity index (χ2n) is 11.1. The number of pyridine rings is 1. The minimum Gasteiger partial charge on any atom is -0.497 e. The Morgan fingerprint density at radius 2 is 1.36 bits per heavy atom. The first-order valence-electron chi connectivity index (χ1n) is 13.6. The van der Waals surface area contributed by atoms with E-state index >= 15 is 0 Å². The predicted octanol–water partition coefficient (Wildman–Crippen LogP) is 6.19. The maximum atomic E-state index is 13.3. The summed E-state index contributed by atoms with van der Waals surface area (Å²) in [7, 11) is 1.88. The zero-order valence-electron chi connectivity index (χ0n) is 24.6. The number of benzene rings is 3. The van der Waals surface area contributed by atoms with E-state index in [1.165, 1.54) is 6.20 Å². The van der Waals surface area contributed by atoms with Crippen LogP contribution in [0, 0.1) is 0 Å². The van der Waals surface area contributed by atoms with Gasteiger partial charge < -0.3 is 33.4 Å². The van der Waals surface area contributed by atoms with E-state index in [4.69, 9.17) is 23.7 Å². The molecule has 0 aliphatic heterocycles. The third kappa shape index (κ3) is 7.92. The number of methoxy groups -OCH3 is 2. The molecule has 42 heavy (non-hydrogen) atoms. The van der Waals surface area contributed by atoms with Gasteiger partial charge in [-0.3, -0.25) is 4.79 Å². The summed E-state index contributed by atoms with van der Waals surface area (Å²) >= 11 is 0. The van der Waals surface area contributed by atoms with Crippen LogP contribution in [-0.4, -0.2) is 44.5 Å². The Labute approximate surface area is 246 Å². The molecule has 222 valence electrons. The SMILES string of the molecule is COc1ccc(COc2cc3c(=O)c(C(=O)O)cn(COCC[Si](C)(C)C)c3cc2OCc2ccc(OC)cc2)cc1. The van der Waals surface area contributed by atoms with E-state index < -0.39 is 19.5 Å². The fraction of sp³-hybridized carbons (Fsp3) is 0.312.